The van der Waals surface area contributed by atoms with Gasteiger partial charge in [-0.2, -0.15) is 0 Å². The van der Waals surface area contributed by atoms with Gasteiger partial charge in [-0.05, 0) is 102 Å². The first-order valence-electron chi connectivity index (χ1n) is 19.7. The van der Waals surface area contributed by atoms with Crippen molar-refractivity contribution in [2.45, 2.75) is 19.8 Å². The van der Waals surface area contributed by atoms with E-state index in [1.54, 1.807) is 0 Å². The molecule has 57 heavy (non-hydrogen) atoms. The molecule has 0 amide bonds. The van der Waals surface area contributed by atoms with E-state index < -0.39 is 0 Å². The number of benzene rings is 9. The Morgan fingerprint density at radius 2 is 1.00 bits per heavy atom. The van der Waals surface area contributed by atoms with Crippen molar-refractivity contribution in [2.75, 3.05) is 0 Å². The molecule has 0 fully saturated rings. The maximum absolute atomic E-state index is 5.56. The lowest BCUT2D eigenvalue weighted by atomic mass is 9.91. The van der Waals surface area contributed by atoms with E-state index in [1.165, 1.54) is 64.8 Å². The third kappa shape index (κ3) is 5.62. The number of fused-ring (bicyclic) bond motifs is 11. The fourth-order valence-electron chi connectivity index (χ4n) is 8.98. The standard InChI is InChI=1S/C54H37N3/c1-34-22-29-50(36-13-3-2-4-14-36)56-54(57-53(34)39-27-28-47-45-20-8-7-18-43(45)44-19-9-10-21-46(44)48(47)31-39)40-16-11-15-38(30-40)49-33-55-32-41-26-25-37-24-23-35-12-5-6-17-42(35)51(37)52(41)49/h2-21,23-28,30-33H,22,29H2,1H3/b53-34+,56-50?,57-54?. The zero-order valence-corrected chi connectivity index (χ0v) is 31.6. The third-order valence-corrected chi connectivity index (χ3v) is 11.8. The van der Waals surface area contributed by atoms with Gasteiger partial charge in [0, 0.05) is 39.9 Å². The van der Waals surface area contributed by atoms with Crippen LogP contribution in [0.5, 0.6) is 0 Å². The van der Waals surface area contributed by atoms with E-state index in [4.69, 9.17) is 15.0 Å². The van der Waals surface area contributed by atoms with E-state index in [2.05, 4.69) is 177 Å². The molecule has 2 heterocycles. The molecular formula is C54H37N3. The predicted molar refractivity (Wildman–Crippen MR) is 242 cm³/mol. The molecule has 11 rings (SSSR count). The lowest BCUT2D eigenvalue weighted by Crippen LogP contribution is -2.10. The Hall–Kier alpha value is -7.23. The molecule has 10 aromatic rings. The number of hydrogen-bond donors (Lipinski definition) is 0. The first-order valence-corrected chi connectivity index (χ1v) is 19.7. The van der Waals surface area contributed by atoms with Crippen molar-refractivity contribution in [1.29, 1.82) is 0 Å². The maximum atomic E-state index is 5.56. The lowest BCUT2D eigenvalue weighted by molar-refractivity contribution is 1.00. The van der Waals surface area contributed by atoms with Gasteiger partial charge in [-0.25, -0.2) is 9.98 Å². The van der Waals surface area contributed by atoms with Crippen molar-refractivity contribution in [2.24, 2.45) is 9.98 Å². The zero-order chi connectivity index (χ0) is 37.9. The van der Waals surface area contributed by atoms with Crippen LogP contribution in [-0.4, -0.2) is 16.5 Å². The quantitative estimate of drug-likeness (QED) is 0.166. The molecule has 0 saturated carbocycles. The van der Waals surface area contributed by atoms with Crippen molar-refractivity contribution in [1.82, 2.24) is 4.98 Å². The predicted octanol–water partition coefficient (Wildman–Crippen LogP) is 14.1. The van der Waals surface area contributed by atoms with Crippen LogP contribution in [0.2, 0.25) is 0 Å². The Bertz CT molecular complexity index is 3310. The first kappa shape index (κ1) is 33.1. The average molecular weight is 728 g/mol. The SMILES string of the molecule is C/C1=C(/c2ccc3c4ccccc4c4ccccc4c3c2)N=C(c2cccc(-c3cncc4ccc5ccc6ccccc6c5c34)c2)N=C(c2ccccc2)CC1. The molecule has 0 aliphatic carbocycles. The summed E-state index contributed by atoms with van der Waals surface area (Å²) in [4.78, 5) is 15.8. The minimum atomic E-state index is 0.705. The molecule has 0 saturated heterocycles. The molecule has 0 radical (unpaired) electrons. The molecule has 0 spiro atoms. The molecule has 0 atom stereocenters. The lowest BCUT2D eigenvalue weighted by Gasteiger charge is -2.18. The number of allylic oxidation sites excluding steroid dienone is 1. The Kier molecular flexibility index (Phi) is 7.85. The van der Waals surface area contributed by atoms with Gasteiger partial charge in [0.2, 0.25) is 0 Å². The summed E-state index contributed by atoms with van der Waals surface area (Å²) in [5.41, 5.74) is 8.63. The van der Waals surface area contributed by atoms with Crippen molar-refractivity contribution in [3.63, 3.8) is 0 Å². The summed E-state index contributed by atoms with van der Waals surface area (Å²) in [6, 6.07) is 61.2. The molecule has 1 aromatic heterocycles. The number of aromatic nitrogens is 1. The van der Waals surface area contributed by atoms with Gasteiger partial charge in [0.15, 0.2) is 5.84 Å². The first-order chi connectivity index (χ1) is 28.2. The second-order valence-corrected chi connectivity index (χ2v) is 15.2. The van der Waals surface area contributed by atoms with Crippen LogP contribution in [0.15, 0.2) is 198 Å². The molecule has 0 bridgehead atoms. The van der Waals surface area contributed by atoms with Crippen LogP contribution in [-0.2, 0) is 0 Å². The number of rotatable bonds is 4. The van der Waals surface area contributed by atoms with Crippen molar-refractivity contribution in [3.05, 3.63) is 205 Å². The highest BCUT2D eigenvalue weighted by Crippen LogP contribution is 2.40. The van der Waals surface area contributed by atoms with Gasteiger partial charge in [0.25, 0.3) is 0 Å². The topological polar surface area (TPSA) is 37.6 Å². The van der Waals surface area contributed by atoms with E-state index in [0.717, 1.165) is 57.5 Å². The highest BCUT2D eigenvalue weighted by Gasteiger charge is 2.19. The van der Waals surface area contributed by atoms with E-state index in [1.807, 2.05) is 12.4 Å². The number of aliphatic imine (C=N–C) groups is 2. The number of pyridine rings is 1. The van der Waals surface area contributed by atoms with Crippen LogP contribution in [0.4, 0.5) is 0 Å². The summed E-state index contributed by atoms with van der Waals surface area (Å²) >= 11 is 0. The van der Waals surface area contributed by atoms with Gasteiger partial charge >= 0.3 is 0 Å². The van der Waals surface area contributed by atoms with Crippen LogP contribution >= 0.6 is 0 Å². The van der Waals surface area contributed by atoms with Crippen LogP contribution in [0.1, 0.15) is 36.5 Å². The highest BCUT2D eigenvalue weighted by molar-refractivity contribution is 6.26. The van der Waals surface area contributed by atoms with Gasteiger partial charge < -0.3 is 0 Å². The molecular weight excluding hydrogens is 691 g/mol. The fourth-order valence-corrected chi connectivity index (χ4v) is 8.98. The maximum Gasteiger partial charge on any atom is 0.160 e. The second kappa shape index (κ2) is 13.5. The summed E-state index contributed by atoms with van der Waals surface area (Å²) in [7, 11) is 0. The Balaban J connectivity index is 1.13. The van der Waals surface area contributed by atoms with E-state index in [-0.39, 0.29) is 0 Å². The smallest absolute Gasteiger partial charge is 0.160 e. The molecule has 0 N–H and O–H groups in total. The molecule has 1 aliphatic rings. The molecule has 3 nitrogen and oxygen atoms in total. The van der Waals surface area contributed by atoms with Crippen LogP contribution in [0.3, 0.4) is 0 Å². The van der Waals surface area contributed by atoms with Crippen LogP contribution in [0, 0.1) is 0 Å². The second-order valence-electron chi connectivity index (χ2n) is 15.2. The molecule has 268 valence electrons. The summed E-state index contributed by atoms with van der Waals surface area (Å²) < 4.78 is 0. The minimum Gasteiger partial charge on any atom is -0.263 e. The Labute approximate surface area is 331 Å². The normalized spacial score (nSPS) is 15.0. The zero-order valence-electron chi connectivity index (χ0n) is 31.6. The van der Waals surface area contributed by atoms with E-state index in [0.29, 0.717) is 5.84 Å². The van der Waals surface area contributed by atoms with Crippen molar-refractivity contribution in [3.8, 4) is 11.1 Å². The van der Waals surface area contributed by atoms with Gasteiger partial charge in [-0.1, -0.05) is 158 Å². The van der Waals surface area contributed by atoms with Crippen LogP contribution in [0.25, 0.3) is 81.5 Å². The molecule has 3 heteroatoms. The van der Waals surface area contributed by atoms with Crippen molar-refractivity contribution < 1.29 is 0 Å². The van der Waals surface area contributed by atoms with E-state index >= 15 is 0 Å². The van der Waals surface area contributed by atoms with E-state index in [9.17, 15) is 0 Å². The average Bonchev–Trinajstić information content (AvgIpc) is 3.27. The number of hydrogen-bond acceptors (Lipinski definition) is 3. The highest BCUT2D eigenvalue weighted by atomic mass is 14.9. The largest absolute Gasteiger partial charge is 0.263 e. The van der Waals surface area contributed by atoms with Gasteiger partial charge in [0.1, 0.15) is 0 Å². The van der Waals surface area contributed by atoms with Crippen LogP contribution < -0.4 is 0 Å². The molecule has 9 aromatic carbocycles. The molecule has 1 aliphatic heterocycles. The van der Waals surface area contributed by atoms with Gasteiger partial charge in [-0.15, -0.1) is 0 Å². The molecule has 0 unspecified atom stereocenters. The third-order valence-electron chi connectivity index (χ3n) is 11.8. The van der Waals surface area contributed by atoms with Crippen molar-refractivity contribution >= 4 is 81.9 Å². The Morgan fingerprint density at radius 1 is 0.386 bits per heavy atom. The summed E-state index contributed by atoms with van der Waals surface area (Å²) in [5, 5.41) is 14.8. The number of amidine groups is 1. The summed E-state index contributed by atoms with van der Waals surface area (Å²) in [6.45, 7) is 2.24. The van der Waals surface area contributed by atoms with Gasteiger partial charge in [0.05, 0.1) is 11.4 Å². The summed E-state index contributed by atoms with van der Waals surface area (Å²) in [6.07, 6.45) is 5.67. The minimum absolute atomic E-state index is 0.705. The van der Waals surface area contributed by atoms with Gasteiger partial charge in [-0.3, -0.25) is 4.98 Å². The summed E-state index contributed by atoms with van der Waals surface area (Å²) in [5.74, 6) is 0.705. The monoisotopic (exact) mass is 727 g/mol. The Morgan fingerprint density at radius 3 is 1.77 bits per heavy atom. The fraction of sp³-hybridized carbons (Fsp3) is 0.0556. The number of nitrogens with zero attached hydrogens (tertiary/aromatic N) is 3.